The van der Waals surface area contributed by atoms with Crippen molar-refractivity contribution in [2.24, 2.45) is 0 Å². The third-order valence-electron chi connectivity index (χ3n) is 4.91. The highest BCUT2D eigenvalue weighted by atomic mass is 16.6. The van der Waals surface area contributed by atoms with Gasteiger partial charge in [-0.05, 0) is 37.8 Å². The molecule has 28 heavy (non-hydrogen) atoms. The number of carbonyl (C=O) groups is 1. The summed E-state index contributed by atoms with van der Waals surface area (Å²) in [5, 5.41) is 3.11. The summed E-state index contributed by atoms with van der Waals surface area (Å²) < 4.78 is 22.2. The maximum Gasteiger partial charge on any atom is 0.255 e. The smallest absolute Gasteiger partial charge is 0.255 e. The van der Waals surface area contributed by atoms with Crippen molar-refractivity contribution in [2.45, 2.75) is 37.8 Å². The molecule has 1 aliphatic heterocycles. The molecule has 1 aromatic carbocycles. The molecule has 0 atom stereocenters. The molecule has 1 aliphatic carbocycles. The van der Waals surface area contributed by atoms with Crippen LogP contribution in [0, 0.1) is 0 Å². The molecule has 8 nitrogen and oxygen atoms in total. The minimum atomic E-state index is -0.134. The lowest BCUT2D eigenvalue weighted by molar-refractivity contribution is 0.0879. The van der Waals surface area contributed by atoms with E-state index in [9.17, 15) is 4.79 Å². The molecule has 0 bridgehead atoms. The number of rotatable bonds is 5. The van der Waals surface area contributed by atoms with Gasteiger partial charge in [0.05, 0.1) is 25.1 Å². The number of ether oxygens (including phenoxy) is 4. The number of fused-ring (bicyclic) bond motifs is 1. The number of amides is 1. The first-order chi connectivity index (χ1) is 13.7. The van der Waals surface area contributed by atoms with Crippen LogP contribution in [-0.2, 0) is 0 Å². The van der Waals surface area contributed by atoms with E-state index in [-0.39, 0.29) is 18.1 Å². The average molecular weight is 385 g/mol. The predicted molar refractivity (Wildman–Crippen MR) is 100 cm³/mol. The molecule has 0 unspecified atom stereocenters. The lowest BCUT2D eigenvalue weighted by Crippen LogP contribution is -2.40. The van der Waals surface area contributed by atoms with Crippen LogP contribution in [0.4, 0.5) is 0 Å². The van der Waals surface area contributed by atoms with Crippen molar-refractivity contribution in [3.05, 3.63) is 36.2 Å². The molecule has 148 valence electrons. The van der Waals surface area contributed by atoms with Crippen molar-refractivity contribution in [1.29, 1.82) is 0 Å². The molecule has 1 amide bonds. The minimum absolute atomic E-state index is 0.0516. The molecular formula is C20H23N3O5. The van der Waals surface area contributed by atoms with E-state index in [0.29, 0.717) is 42.0 Å². The molecule has 1 N–H and O–H groups in total. The monoisotopic (exact) mass is 385 g/mol. The highest BCUT2D eigenvalue weighted by Gasteiger charge is 2.26. The number of nitrogens with zero attached hydrogens (tertiary/aromatic N) is 2. The van der Waals surface area contributed by atoms with Gasteiger partial charge < -0.3 is 24.3 Å². The predicted octanol–water partition coefficient (Wildman–Crippen LogP) is 2.38. The van der Waals surface area contributed by atoms with E-state index in [0.717, 1.165) is 25.7 Å². The maximum atomic E-state index is 12.7. The molecule has 8 heteroatoms. The lowest BCUT2D eigenvalue weighted by atomic mass is 9.92. The van der Waals surface area contributed by atoms with Gasteiger partial charge in [0.15, 0.2) is 11.5 Å². The second-order valence-electron chi connectivity index (χ2n) is 6.79. The molecule has 1 aromatic heterocycles. The lowest BCUT2D eigenvalue weighted by Gasteiger charge is -2.29. The zero-order valence-electron chi connectivity index (χ0n) is 15.7. The summed E-state index contributed by atoms with van der Waals surface area (Å²) >= 11 is 0. The number of nitrogens with one attached hydrogen (secondary N) is 1. The first-order valence-electron chi connectivity index (χ1n) is 9.45. The van der Waals surface area contributed by atoms with Crippen LogP contribution in [0.5, 0.6) is 23.3 Å². The quantitative estimate of drug-likeness (QED) is 0.845. The Morgan fingerprint density at radius 3 is 2.71 bits per heavy atom. The fourth-order valence-corrected chi connectivity index (χ4v) is 3.50. The van der Waals surface area contributed by atoms with E-state index >= 15 is 0 Å². The minimum Gasteiger partial charge on any atom is -0.486 e. The van der Waals surface area contributed by atoms with E-state index in [4.69, 9.17) is 18.9 Å². The van der Waals surface area contributed by atoms with Crippen LogP contribution in [0.25, 0.3) is 0 Å². The van der Waals surface area contributed by atoms with Gasteiger partial charge in [-0.2, -0.15) is 4.98 Å². The zero-order chi connectivity index (χ0) is 19.3. The van der Waals surface area contributed by atoms with E-state index in [1.165, 1.54) is 6.20 Å². The molecule has 2 heterocycles. The van der Waals surface area contributed by atoms with Gasteiger partial charge >= 0.3 is 0 Å². The Morgan fingerprint density at radius 2 is 1.89 bits per heavy atom. The van der Waals surface area contributed by atoms with Gasteiger partial charge in [0.25, 0.3) is 5.91 Å². The molecule has 4 rings (SSSR count). The summed E-state index contributed by atoms with van der Waals surface area (Å²) in [6.45, 7) is 0.951. The maximum absolute atomic E-state index is 12.7. The highest BCUT2D eigenvalue weighted by Crippen LogP contribution is 2.34. The van der Waals surface area contributed by atoms with Crippen LogP contribution in [0.15, 0.2) is 30.6 Å². The standard InChI is InChI=1S/C20H23N3O5/c1-25-17-11-21-12-18(23-17)28-14-7-5-13(6-8-14)22-20(24)15-3-2-4-16-19(15)27-10-9-26-16/h2-4,11-14H,5-10H2,1H3,(H,22,24). The second-order valence-corrected chi connectivity index (χ2v) is 6.79. The van der Waals surface area contributed by atoms with Crippen molar-refractivity contribution >= 4 is 5.91 Å². The Labute approximate surface area is 163 Å². The summed E-state index contributed by atoms with van der Waals surface area (Å²) in [6, 6.07) is 5.49. The summed E-state index contributed by atoms with van der Waals surface area (Å²) in [7, 11) is 1.54. The highest BCUT2D eigenvalue weighted by molar-refractivity contribution is 5.98. The van der Waals surface area contributed by atoms with Crippen LogP contribution in [-0.4, -0.2) is 48.3 Å². The second kappa shape index (κ2) is 8.33. The summed E-state index contributed by atoms with van der Waals surface area (Å²) in [6.07, 6.45) is 6.50. The van der Waals surface area contributed by atoms with Crippen LogP contribution >= 0.6 is 0 Å². The van der Waals surface area contributed by atoms with Crippen molar-refractivity contribution in [1.82, 2.24) is 15.3 Å². The van der Waals surface area contributed by atoms with Crippen molar-refractivity contribution in [2.75, 3.05) is 20.3 Å². The first-order valence-corrected chi connectivity index (χ1v) is 9.45. The van der Waals surface area contributed by atoms with Crippen molar-refractivity contribution in [3.63, 3.8) is 0 Å². The third-order valence-corrected chi connectivity index (χ3v) is 4.91. The molecule has 1 saturated carbocycles. The van der Waals surface area contributed by atoms with Gasteiger partial charge in [0.2, 0.25) is 11.8 Å². The SMILES string of the molecule is COc1cncc(OC2CCC(NC(=O)c3cccc4c3OCCO4)CC2)n1. The number of para-hydroxylation sites is 1. The van der Waals surface area contributed by atoms with Gasteiger partial charge in [-0.15, -0.1) is 0 Å². The third kappa shape index (κ3) is 4.11. The van der Waals surface area contributed by atoms with E-state index in [2.05, 4.69) is 15.3 Å². The number of aromatic nitrogens is 2. The van der Waals surface area contributed by atoms with Gasteiger partial charge in [-0.3, -0.25) is 9.78 Å². The Balaban J connectivity index is 1.31. The molecule has 0 saturated heterocycles. The molecule has 0 radical (unpaired) electrons. The summed E-state index contributed by atoms with van der Waals surface area (Å²) in [5.74, 6) is 1.90. The number of hydrogen-bond acceptors (Lipinski definition) is 7. The van der Waals surface area contributed by atoms with Crippen molar-refractivity contribution in [3.8, 4) is 23.3 Å². The normalized spacial score (nSPS) is 20.9. The van der Waals surface area contributed by atoms with Crippen LogP contribution < -0.4 is 24.3 Å². The average Bonchev–Trinajstić information content (AvgIpc) is 2.75. The van der Waals surface area contributed by atoms with E-state index in [1.54, 1.807) is 19.4 Å². The van der Waals surface area contributed by atoms with Crippen LogP contribution in [0.1, 0.15) is 36.0 Å². The number of carbonyl (C=O) groups excluding carboxylic acids is 1. The summed E-state index contributed by atoms with van der Waals surface area (Å²) in [4.78, 5) is 21.0. The van der Waals surface area contributed by atoms with Gasteiger partial charge in [0, 0.05) is 6.04 Å². The van der Waals surface area contributed by atoms with E-state index < -0.39 is 0 Å². The Kier molecular flexibility index (Phi) is 5.45. The first kappa shape index (κ1) is 18.3. The Bertz CT molecular complexity index is 836. The topological polar surface area (TPSA) is 91.8 Å². The van der Waals surface area contributed by atoms with Crippen molar-refractivity contribution < 1.29 is 23.7 Å². The van der Waals surface area contributed by atoms with Gasteiger partial charge in [0.1, 0.15) is 19.3 Å². The zero-order valence-corrected chi connectivity index (χ0v) is 15.7. The number of benzene rings is 1. The Hall–Kier alpha value is -3.03. The molecule has 2 aromatic rings. The van der Waals surface area contributed by atoms with Gasteiger partial charge in [-0.25, -0.2) is 0 Å². The van der Waals surface area contributed by atoms with Gasteiger partial charge in [-0.1, -0.05) is 6.07 Å². The number of hydrogen-bond donors (Lipinski definition) is 1. The largest absolute Gasteiger partial charge is 0.486 e. The summed E-state index contributed by atoms with van der Waals surface area (Å²) in [5.41, 5.74) is 0.516. The number of methoxy groups -OCH3 is 1. The van der Waals surface area contributed by atoms with E-state index in [1.807, 2.05) is 12.1 Å². The molecular weight excluding hydrogens is 362 g/mol. The molecule has 2 aliphatic rings. The fraction of sp³-hybridized carbons (Fsp3) is 0.450. The van der Waals surface area contributed by atoms with Crippen LogP contribution in [0.2, 0.25) is 0 Å². The fourth-order valence-electron chi connectivity index (χ4n) is 3.50. The van der Waals surface area contributed by atoms with Crippen LogP contribution in [0.3, 0.4) is 0 Å². The molecule has 1 fully saturated rings. The Morgan fingerprint density at radius 1 is 1.11 bits per heavy atom. The molecule has 0 spiro atoms.